The van der Waals surface area contributed by atoms with Gasteiger partial charge in [-0.05, 0) is 43.5 Å². The number of amides is 2. The van der Waals surface area contributed by atoms with Crippen LogP contribution in [0.25, 0.3) is 5.69 Å². The lowest BCUT2D eigenvalue weighted by atomic mass is 10.0. The maximum atomic E-state index is 12.9. The topological polar surface area (TPSA) is 123 Å². The highest BCUT2D eigenvalue weighted by molar-refractivity contribution is 5.97. The Kier molecular flexibility index (Phi) is 6.75. The molecule has 10 nitrogen and oxygen atoms in total. The van der Waals surface area contributed by atoms with Crippen LogP contribution in [0.1, 0.15) is 37.8 Å². The van der Waals surface area contributed by atoms with E-state index < -0.39 is 30.1 Å². The smallest absolute Gasteiger partial charge is 0.255 e. The SMILES string of the molecule is C[C@@H](NC(=O)[C@H](O)[C@@H](O)C(=O)N1CCC[C@@H]1C1=NN(C)CC1)c1ccc(-n2cccn2)cc1. The number of rotatable bonds is 7. The number of aliphatic hydroxyl groups excluding tert-OH is 2. The summed E-state index contributed by atoms with van der Waals surface area (Å²) in [7, 11) is 1.88. The first-order valence-electron chi connectivity index (χ1n) is 11.2. The summed E-state index contributed by atoms with van der Waals surface area (Å²) in [4.78, 5) is 27.0. The first-order valence-corrected chi connectivity index (χ1v) is 11.2. The molecule has 0 spiro atoms. The van der Waals surface area contributed by atoms with E-state index in [0.29, 0.717) is 6.54 Å². The van der Waals surface area contributed by atoms with E-state index in [1.807, 2.05) is 48.6 Å². The monoisotopic (exact) mass is 454 g/mol. The lowest BCUT2D eigenvalue weighted by Gasteiger charge is -2.28. The van der Waals surface area contributed by atoms with Crippen molar-refractivity contribution in [2.45, 2.75) is 50.5 Å². The molecule has 1 fully saturated rings. The van der Waals surface area contributed by atoms with Gasteiger partial charge in [0.05, 0.1) is 23.5 Å². The van der Waals surface area contributed by atoms with Crippen LogP contribution in [0.3, 0.4) is 0 Å². The van der Waals surface area contributed by atoms with Gasteiger partial charge >= 0.3 is 0 Å². The number of carbonyl (C=O) groups is 2. The molecule has 2 amide bonds. The Morgan fingerprint density at radius 2 is 1.91 bits per heavy atom. The van der Waals surface area contributed by atoms with Gasteiger partial charge in [-0.25, -0.2) is 4.68 Å². The number of aromatic nitrogens is 2. The first-order chi connectivity index (χ1) is 15.8. The quantitative estimate of drug-likeness (QED) is 0.558. The van der Waals surface area contributed by atoms with Gasteiger partial charge < -0.3 is 20.4 Å². The van der Waals surface area contributed by atoms with Crippen LogP contribution < -0.4 is 5.32 Å². The average molecular weight is 455 g/mol. The fraction of sp³-hybridized carbons (Fsp3) is 0.478. The summed E-state index contributed by atoms with van der Waals surface area (Å²) >= 11 is 0. The molecule has 1 aromatic heterocycles. The third-order valence-electron chi connectivity index (χ3n) is 6.25. The maximum Gasteiger partial charge on any atom is 0.255 e. The molecule has 0 unspecified atom stereocenters. The first kappa shape index (κ1) is 22.9. The Labute approximate surface area is 192 Å². The van der Waals surface area contributed by atoms with Gasteiger partial charge in [0.25, 0.3) is 11.8 Å². The zero-order chi connectivity index (χ0) is 23.5. The number of nitrogens with zero attached hydrogens (tertiary/aromatic N) is 5. The van der Waals surface area contributed by atoms with Crippen LogP contribution in [0.4, 0.5) is 0 Å². The van der Waals surface area contributed by atoms with Crippen LogP contribution in [0.5, 0.6) is 0 Å². The molecular weight excluding hydrogens is 424 g/mol. The van der Waals surface area contributed by atoms with Gasteiger partial charge in [-0.2, -0.15) is 10.2 Å². The summed E-state index contributed by atoms with van der Waals surface area (Å²) in [5.41, 5.74) is 2.60. The molecule has 2 aliphatic heterocycles. The van der Waals surface area contributed by atoms with E-state index >= 15 is 0 Å². The Morgan fingerprint density at radius 1 is 1.15 bits per heavy atom. The van der Waals surface area contributed by atoms with E-state index in [1.54, 1.807) is 17.8 Å². The third-order valence-corrected chi connectivity index (χ3v) is 6.25. The van der Waals surface area contributed by atoms with E-state index in [1.165, 1.54) is 4.90 Å². The van der Waals surface area contributed by atoms with Gasteiger partial charge in [0.15, 0.2) is 12.2 Å². The maximum absolute atomic E-state index is 12.9. The second-order valence-electron chi connectivity index (χ2n) is 8.57. The average Bonchev–Trinajstić information content (AvgIpc) is 3.59. The second kappa shape index (κ2) is 9.72. The fourth-order valence-electron chi connectivity index (χ4n) is 4.37. The van der Waals surface area contributed by atoms with Crippen molar-refractivity contribution in [1.29, 1.82) is 0 Å². The van der Waals surface area contributed by atoms with Gasteiger partial charge in [0, 0.05) is 39.0 Å². The molecule has 33 heavy (non-hydrogen) atoms. The van der Waals surface area contributed by atoms with Gasteiger partial charge in [0.1, 0.15) is 0 Å². The molecule has 0 bridgehead atoms. The van der Waals surface area contributed by atoms with Crippen molar-refractivity contribution in [1.82, 2.24) is 25.0 Å². The summed E-state index contributed by atoms with van der Waals surface area (Å²) in [6, 6.07) is 8.65. The molecule has 0 radical (unpaired) electrons. The van der Waals surface area contributed by atoms with E-state index in [-0.39, 0.29) is 6.04 Å². The normalized spacial score (nSPS) is 21.0. The minimum absolute atomic E-state index is 0.195. The predicted molar refractivity (Wildman–Crippen MR) is 122 cm³/mol. The standard InChI is InChI=1S/C23H30N6O4/c1-15(16-6-8-17(9-7-16)29-13-4-11-24-29)25-22(32)20(30)21(31)23(33)28-12-3-5-19(28)18-10-14-27(2)26-18/h4,6-9,11,13,15,19-21,30-31H,3,5,10,12,14H2,1-2H3,(H,25,32)/t15-,19-,20-,21-/m1/s1. The second-order valence-corrected chi connectivity index (χ2v) is 8.57. The van der Waals surface area contributed by atoms with E-state index in [9.17, 15) is 19.8 Å². The number of benzene rings is 1. The number of likely N-dealkylation sites (tertiary alicyclic amines) is 1. The number of hydrazone groups is 1. The molecule has 2 aliphatic rings. The molecule has 176 valence electrons. The highest BCUT2D eigenvalue weighted by Crippen LogP contribution is 2.24. The van der Waals surface area contributed by atoms with E-state index in [2.05, 4.69) is 15.5 Å². The number of nitrogens with one attached hydrogen (secondary N) is 1. The zero-order valence-electron chi connectivity index (χ0n) is 18.8. The van der Waals surface area contributed by atoms with Gasteiger partial charge in [-0.3, -0.25) is 14.6 Å². The van der Waals surface area contributed by atoms with Gasteiger partial charge in [-0.1, -0.05) is 12.1 Å². The molecule has 1 aromatic carbocycles. The molecule has 1 saturated heterocycles. The van der Waals surface area contributed by atoms with Crippen LogP contribution in [-0.2, 0) is 9.59 Å². The Morgan fingerprint density at radius 3 is 2.55 bits per heavy atom. The molecule has 0 saturated carbocycles. The summed E-state index contributed by atoms with van der Waals surface area (Å²) < 4.78 is 1.72. The summed E-state index contributed by atoms with van der Waals surface area (Å²) in [6.45, 7) is 3.03. The highest BCUT2D eigenvalue weighted by atomic mass is 16.3. The van der Waals surface area contributed by atoms with Crippen LogP contribution in [-0.4, -0.2) is 85.8 Å². The van der Waals surface area contributed by atoms with Crippen molar-refractivity contribution >= 4 is 17.5 Å². The largest absolute Gasteiger partial charge is 0.380 e. The Balaban J connectivity index is 1.36. The Hall–Kier alpha value is -3.24. The lowest BCUT2D eigenvalue weighted by Crippen LogP contribution is -2.53. The predicted octanol–water partition coefficient (Wildman–Crippen LogP) is 0.454. The van der Waals surface area contributed by atoms with Crippen molar-refractivity contribution in [2.75, 3.05) is 20.1 Å². The number of carbonyl (C=O) groups excluding carboxylic acids is 2. The van der Waals surface area contributed by atoms with Crippen LogP contribution >= 0.6 is 0 Å². The molecule has 4 atom stereocenters. The van der Waals surface area contributed by atoms with E-state index in [0.717, 1.165) is 42.8 Å². The molecule has 0 aliphatic carbocycles. The molecule has 3 heterocycles. The third kappa shape index (κ3) is 4.91. The minimum Gasteiger partial charge on any atom is -0.380 e. The number of hydrogen-bond acceptors (Lipinski definition) is 7. The van der Waals surface area contributed by atoms with Crippen molar-refractivity contribution < 1.29 is 19.8 Å². The van der Waals surface area contributed by atoms with Gasteiger partial charge in [0.2, 0.25) is 0 Å². The van der Waals surface area contributed by atoms with E-state index in [4.69, 9.17) is 0 Å². The Bertz CT molecular complexity index is 1010. The fourth-order valence-corrected chi connectivity index (χ4v) is 4.37. The molecule has 10 heteroatoms. The molecule has 3 N–H and O–H groups in total. The summed E-state index contributed by atoms with van der Waals surface area (Å²) in [5.74, 6) is -1.44. The van der Waals surface area contributed by atoms with Crippen molar-refractivity contribution in [3.05, 3.63) is 48.3 Å². The van der Waals surface area contributed by atoms with Crippen LogP contribution in [0, 0.1) is 0 Å². The summed E-state index contributed by atoms with van der Waals surface area (Å²) in [6.07, 6.45) is 2.14. The number of aliphatic hydroxyl groups is 2. The molecule has 4 rings (SSSR count). The lowest BCUT2D eigenvalue weighted by molar-refractivity contribution is -0.153. The molecule has 2 aromatic rings. The summed E-state index contributed by atoms with van der Waals surface area (Å²) in [5, 5.41) is 34.1. The van der Waals surface area contributed by atoms with Crippen LogP contribution in [0.2, 0.25) is 0 Å². The van der Waals surface area contributed by atoms with Crippen molar-refractivity contribution in [3.8, 4) is 5.69 Å². The van der Waals surface area contributed by atoms with Crippen molar-refractivity contribution in [2.24, 2.45) is 5.10 Å². The minimum atomic E-state index is -1.86. The van der Waals surface area contributed by atoms with Crippen LogP contribution in [0.15, 0.2) is 47.8 Å². The molecular formula is C23H30N6O4. The van der Waals surface area contributed by atoms with Crippen molar-refractivity contribution in [3.63, 3.8) is 0 Å². The number of hydrogen-bond donors (Lipinski definition) is 3. The van der Waals surface area contributed by atoms with Gasteiger partial charge in [-0.15, -0.1) is 0 Å². The highest BCUT2D eigenvalue weighted by Gasteiger charge is 2.40. The zero-order valence-corrected chi connectivity index (χ0v) is 18.8.